The Hall–Kier alpha value is -2.99. The van der Waals surface area contributed by atoms with Crippen molar-refractivity contribution in [3.63, 3.8) is 0 Å². The van der Waals surface area contributed by atoms with E-state index in [2.05, 4.69) is 83.1 Å². The fourth-order valence-electron chi connectivity index (χ4n) is 8.03. The second-order valence-corrected chi connectivity index (χ2v) is 14.3. The summed E-state index contributed by atoms with van der Waals surface area (Å²) in [5.74, 6) is -0.423. The number of benzene rings is 1. The van der Waals surface area contributed by atoms with Gasteiger partial charge in [0.1, 0.15) is 6.61 Å². The molecule has 6 nitrogen and oxygen atoms in total. The molecule has 2 aromatic heterocycles. The van der Waals surface area contributed by atoms with Crippen molar-refractivity contribution in [1.29, 1.82) is 0 Å². The van der Waals surface area contributed by atoms with Crippen LogP contribution in [0.3, 0.4) is 0 Å². The van der Waals surface area contributed by atoms with Crippen LogP contribution in [-0.4, -0.2) is 22.1 Å². The zero-order chi connectivity index (χ0) is 31.5. The van der Waals surface area contributed by atoms with Crippen LogP contribution in [0.5, 0.6) is 0 Å². The number of carbonyl (C=O) groups excluding carboxylic acids is 1. The molecule has 42 heavy (non-hydrogen) atoms. The molecular formula is C36H48N2O4. The van der Waals surface area contributed by atoms with Crippen LogP contribution in [0.15, 0.2) is 4.79 Å². The number of esters is 1. The topological polar surface area (TPSA) is 70.4 Å². The molecule has 226 valence electrons. The highest BCUT2D eigenvalue weighted by Crippen LogP contribution is 2.59. The Kier molecular flexibility index (Phi) is 6.71. The number of aromatic nitrogens is 2. The fourth-order valence-corrected chi connectivity index (χ4v) is 8.03. The van der Waals surface area contributed by atoms with Gasteiger partial charge in [-0.3, -0.25) is 9.36 Å². The largest absolute Gasteiger partial charge is 0.458 e. The third kappa shape index (κ3) is 3.39. The van der Waals surface area contributed by atoms with Gasteiger partial charge in [0, 0.05) is 28.5 Å². The molecule has 1 atom stereocenters. The molecule has 0 spiro atoms. The van der Waals surface area contributed by atoms with Crippen LogP contribution in [0, 0.1) is 52.4 Å². The van der Waals surface area contributed by atoms with Crippen molar-refractivity contribution < 1.29 is 14.3 Å². The predicted molar refractivity (Wildman–Crippen MR) is 169 cm³/mol. The molecule has 3 aromatic rings. The van der Waals surface area contributed by atoms with Crippen LogP contribution in [0.25, 0.3) is 22.3 Å². The summed E-state index contributed by atoms with van der Waals surface area (Å²) < 4.78 is 14.4. The number of ether oxygens (including phenoxy) is 2. The van der Waals surface area contributed by atoms with E-state index < -0.39 is 22.5 Å². The van der Waals surface area contributed by atoms with Crippen LogP contribution in [0.4, 0.5) is 0 Å². The average molecular weight is 573 g/mol. The third-order valence-electron chi connectivity index (χ3n) is 11.8. The second-order valence-electron chi connectivity index (χ2n) is 14.3. The van der Waals surface area contributed by atoms with E-state index in [1.807, 2.05) is 18.4 Å². The summed E-state index contributed by atoms with van der Waals surface area (Å²) in [5.41, 5.74) is 8.47. The van der Waals surface area contributed by atoms with E-state index in [1.165, 1.54) is 22.1 Å². The Morgan fingerprint density at radius 3 is 2.02 bits per heavy atom. The molecule has 0 aliphatic carbocycles. The van der Waals surface area contributed by atoms with Gasteiger partial charge in [-0.25, -0.2) is 9.78 Å². The van der Waals surface area contributed by atoms with Crippen molar-refractivity contribution >= 4 is 16.9 Å². The van der Waals surface area contributed by atoms with Gasteiger partial charge in [-0.15, -0.1) is 0 Å². The number of aryl methyl sites for hydroxylation is 3. The fraction of sp³-hybridized carbons (Fsp3) is 0.583. The Morgan fingerprint density at radius 2 is 1.45 bits per heavy atom. The normalized spacial score (nSPS) is 19.5. The van der Waals surface area contributed by atoms with Crippen LogP contribution >= 0.6 is 0 Å². The standard InChI is InChI=1S/C36H48N2O4/c1-15-33(9,10)35(13,14)36(42-16-2)26-23(8)30-29-27(34(11,12)38(30)31(39)24(26)17-41-32(36)40)22(7)25-20(5)18(3)19(4)21(6)28(25)37-29/h15-17H2,1-14H3/t36-/m0/s1. The molecule has 0 fully saturated rings. The van der Waals surface area contributed by atoms with Crippen molar-refractivity contribution in [2.24, 2.45) is 10.8 Å². The van der Waals surface area contributed by atoms with Crippen molar-refractivity contribution in [2.45, 2.75) is 121 Å². The van der Waals surface area contributed by atoms with Crippen LogP contribution in [0.1, 0.15) is 112 Å². The van der Waals surface area contributed by atoms with E-state index in [1.54, 1.807) is 0 Å². The molecule has 2 aliphatic heterocycles. The maximum Gasteiger partial charge on any atom is 0.344 e. The minimum atomic E-state index is -1.45. The molecule has 0 unspecified atom stereocenters. The molecule has 0 amide bonds. The molecule has 6 heteroatoms. The number of hydrogen-bond acceptors (Lipinski definition) is 5. The van der Waals surface area contributed by atoms with Crippen LogP contribution < -0.4 is 5.56 Å². The summed E-state index contributed by atoms with van der Waals surface area (Å²) in [5, 5.41) is 1.17. The highest BCUT2D eigenvalue weighted by molar-refractivity contribution is 5.95. The maximum atomic E-state index is 14.7. The number of hydrogen-bond donors (Lipinski definition) is 0. The van der Waals surface area contributed by atoms with E-state index in [4.69, 9.17) is 14.5 Å². The maximum absolute atomic E-state index is 14.7. The minimum absolute atomic E-state index is 0.0665. The summed E-state index contributed by atoms with van der Waals surface area (Å²) in [6.45, 7) is 29.8. The van der Waals surface area contributed by atoms with Crippen LogP contribution in [0.2, 0.25) is 0 Å². The first-order valence-electron chi connectivity index (χ1n) is 15.4. The Bertz CT molecular complexity index is 1760. The van der Waals surface area contributed by atoms with E-state index >= 15 is 0 Å². The number of cyclic esters (lactones) is 1. The van der Waals surface area contributed by atoms with Gasteiger partial charge in [-0.2, -0.15) is 0 Å². The minimum Gasteiger partial charge on any atom is -0.458 e. The zero-order valence-corrected chi connectivity index (χ0v) is 28.1. The number of carbonyl (C=O) groups is 1. The Labute approximate surface area is 250 Å². The number of pyridine rings is 2. The first kappa shape index (κ1) is 30.5. The molecule has 5 rings (SSSR count). The van der Waals surface area contributed by atoms with Gasteiger partial charge in [0.2, 0.25) is 0 Å². The molecule has 0 N–H and O–H groups in total. The third-order valence-corrected chi connectivity index (χ3v) is 11.8. The van der Waals surface area contributed by atoms with Gasteiger partial charge < -0.3 is 9.47 Å². The van der Waals surface area contributed by atoms with Gasteiger partial charge in [0.15, 0.2) is 5.60 Å². The first-order chi connectivity index (χ1) is 19.4. The van der Waals surface area contributed by atoms with Gasteiger partial charge in [-0.05, 0) is 101 Å². The summed E-state index contributed by atoms with van der Waals surface area (Å²) >= 11 is 0. The van der Waals surface area contributed by atoms with Crippen molar-refractivity contribution in [3.8, 4) is 11.4 Å². The summed E-state index contributed by atoms with van der Waals surface area (Å²) in [6.07, 6.45) is 0.820. The van der Waals surface area contributed by atoms with E-state index in [-0.39, 0.29) is 17.6 Å². The molecule has 0 radical (unpaired) electrons. The number of nitrogens with zero attached hydrogens (tertiary/aromatic N) is 2. The lowest BCUT2D eigenvalue weighted by atomic mass is 9.54. The highest BCUT2D eigenvalue weighted by Gasteiger charge is 2.64. The Balaban J connectivity index is 2.01. The summed E-state index contributed by atoms with van der Waals surface area (Å²) in [4.78, 5) is 34.2. The molecule has 1 aromatic carbocycles. The van der Waals surface area contributed by atoms with Gasteiger partial charge in [-0.1, -0.05) is 41.0 Å². The summed E-state index contributed by atoms with van der Waals surface area (Å²) in [7, 11) is 0. The molecule has 4 heterocycles. The number of rotatable bonds is 5. The van der Waals surface area contributed by atoms with Gasteiger partial charge >= 0.3 is 5.97 Å². The lowest BCUT2D eigenvalue weighted by molar-refractivity contribution is -0.216. The second kappa shape index (κ2) is 9.25. The quantitative estimate of drug-likeness (QED) is 0.292. The monoisotopic (exact) mass is 572 g/mol. The molecule has 2 aliphatic rings. The first-order valence-corrected chi connectivity index (χ1v) is 15.4. The molecular weight excluding hydrogens is 524 g/mol. The molecule has 0 saturated carbocycles. The predicted octanol–water partition coefficient (Wildman–Crippen LogP) is 7.76. The van der Waals surface area contributed by atoms with Gasteiger partial charge in [0.05, 0.1) is 28.0 Å². The Morgan fingerprint density at radius 1 is 0.857 bits per heavy atom. The highest BCUT2D eigenvalue weighted by atomic mass is 16.6. The van der Waals surface area contributed by atoms with Gasteiger partial charge in [0.25, 0.3) is 5.56 Å². The lowest BCUT2D eigenvalue weighted by Gasteiger charge is -2.54. The van der Waals surface area contributed by atoms with E-state index in [0.29, 0.717) is 17.7 Å². The lowest BCUT2D eigenvalue weighted by Crippen LogP contribution is -2.60. The average Bonchev–Trinajstić information content (AvgIpc) is 3.17. The zero-order valence-electron chi connectivity index (χ0n) is 28.1. The van der Waals surface area contributed by atoms with Crippen molar-refractivity contribution in [3.05, 3.63) is 60.4 Å². The van der Waals surface area contributed by atoms with E-state index in [9.17, 15) is 9.59 Å². The molecule has 0 saturated heterocycles. The van der Waals surface area contributed by atoms with Crippen molar-refractivity contribution in [2.75, 3.05) is 6.61 Å². The SMILES string of the molecule is CCO[C@]1(C(C)(C)C(C)(C)CC)C(=O)OCc2c1c(C)c1n(c2=O)C(C)(C)c2c-1nc1c(C)c(C)c(C)c(C)c1c2C. The van der Waals surface area contributed by atoms with Crippen molar-refractivity contribution in [1.82, 2.24) is 9.55 Å². The molecule has 0 bridgehead atoms. The van der Waals surface area contributed by atoms with Crippen LogP contribution in [-0.2, 0) is 32.0 Å². The smallest absolute Gasteiger partial charge is 0.344 e. The summed E-state index contributed by atoms with van der Waals surface area (Å²) in [6, 6.07) is 0. The van der Waals surface area contributed by atoms with E-state index in [0.717, 1.165) is 45.6 Å². The number of fused-ring (bicyclic) bond motifs is 5.